The zero-order chi connectivity index (χ0) is 34.9. The second-order valence-corrected chi connectivity index (χ2v) is 14.0. The second-order valence-electron chi connectivity index (χ2n) is 14.0. The van der Waals surface area contributed by atoms with Crippen molar-refractivity contribution in [3.8, 4) is 22.3 Å². The Morgan fingerprint density at radius 2 is 0.981 bits per heavy atom. The van der Waals surface area contributed by atoms with Crippen LogP contribution in [0, 0.1) is 0 Å². The van der Waals surface area contributed by atoms with Crippen LogP contribution in [-0.4, -0.2) is 0 Å². The lowest BCUT2D eigenvalue weighted by molar-refractivity contribution is 0.668. The molecule has 2 heteroatoms. The van der Waals surface area contributed by atoms with E-state index in [-0.39, 0.29) is 5.92 Å². The van der Waals surface area contributed by atoms with E-state index in [9.17, 15) is 0 Å². The van der Waals surface area contributed by atoms with Gasteiger partial charge in [0.05, 0.1) is 0 Å². The van der Waals surface area contributed by atoms with Gasteiger partial charge in [0.1, 0.15) is 22.3 Å². The predicted molar refractivity (Wildman–Crippen MR) is 221 cm³/mol. The van der Waals surface area contributed by atoms with Gasteiger partial charge in [-0.25, -0.2) is 0 Å². The molecule has 0 spiro atoms. The first kappa shape index (κ1) is 29.8. The molecule has 2 heterocycles. The van der Waals surface area contributed by atoms with Crippen molar-refractivity contribution in [3.63, 3.8) is 0 Å². The number of benzene rings is 9. The molecule has 0 saturated heterocycles. The molecule has 0 bridgehead atoms. The van der Waals surface area contributed by atoms with Crippen molar-refractivity contribution in [2.45, 2.75) is 5.92 Å². The molecule has 0 radical (unpaired) electrons. The molecule has 0 amide bonds. The summed E-state index contributed by atoms with van der Waals surface area (Å²) >= 11 is 0. The van der Waals surface area contributed by atoms with Crippen LogP contribution >= 0.6 is 0 Å². The molecular formula is C51H32O2. The van der Waals surface area contributed by atoms with Crippen molar-refractivity contribution in [2.75, 3.05) is 0 Å². The van der Waals surface area contributed by atoms with Gasteiger partial charge in [-0.05, 0) is 91.3 Å². The normalized spacial score (nSPS) is 12.5. The third-order valence-corrected chi connectivity index (χ3v) is 11.0. The van der Waals surface area contributed by atoms with E-state index in [2.05, 4.69) is 188 Å². The molecule has 0 N–H and O–H groups in total. The van der Waals surface area contributed by atoms with Crippen molar-refractivity contribution < 1.29 is 8.83 Å². The fourth-order valence-electron chi connectivity index (χ4n) is 8.47. The van der Waals surface area contributed by atoms with Crippen LogP contribution in [0.3, 0.4) is 0 Å². The number of fused-ring (bicyclic) bond motifs is 9. The van der Waals surface area contributed by atoms with Crippen LogP contribution in [0.4, 0.5) is 0 Å². The van der Waals surface area contributed by atoms with Gasteiger partial charge in [0.15, 0.2) is 0 Å². The van der Waals surface area contributed by atoms with E-state index in [1.165, 1.54) is 43.8 Å². The Morgan fingerprint density at radius 1 is 0.340 bits per heavy atom. The van der Waals surface area contributed by atoms with E-state index < -0.39 is 0 Å². The number of hydrogen-bond donors (Lipinski definition) is 0. The van der Waals surface area contributed by atoms with Crippen LogP contribution in [0.1, 0.15) is 22.6 Å². The minimum Gasteiger partial charge on any atom is -0.456 e. The molecule has 0 aliphatic rings. The molecule has 11 rings (SSSR count). The largest absolute Gasteiger partial charge is 0.456 e. The molecule has 9 aromatic carbocycles. The van der Waals surface area contributed by atoms with Crippen molar-refractivity contribution >= 4 is 65.4 Å². The van der Waals surface area contributed by atoms with Crippen LogP contribution in [0.25, 0.3) is 87.7 Å². The summed E-state index contributed by atoms with van der Waals surface area (Å²) in [7, 11) is 0. The lowest BCUT2D eigenvalue weighted by atomic mass is 9.81. The first-order valence-corrected chi connectivity index (χ1v) is 18.2. The van der Waals surface area contributed by atoms with E-state index in [1.807, 2.05) is 0 Å². The average Bonchev–Trinajstić information content (AvgIpc) is 3.80. The van der Waals surface area contributed by atoms with Gasteiger partial charge in [0.2, 0.25) is 0 Å². The van der Waals surface area contributed by atoms with Crippen LogP contribution in [0.2, 0.25) is 0 Å². The topological polar surface area (TPSA) is 26.3 Å². The number of rotatable bonds is 5. The minimum atomic E-state index is -0.0929. The Balaban J connectivity index is 1.19. The van der Waals surface area contributed by atoms with E-state index in [1.54, 1.807) is 0 Å². The molecule has 11 aromatic rings. The summed E-state index contributed by atoms with van der Waals surface area (Å²) in [5, 5.41) is 9.48. The highest BCUT2D eigenvalue weighted by Gasteiger charge is 2.25. The molecule has 0 saturated carbocycles. The van der Waals surface area contributed by atoms with Crippen LogP contribution < -0.4 is 0 Å². The summed E-state index contributed by atoms with van der Waals surface area (Å²) in [6.45, 7) is 0. The number of furan rings is 2. The van der Waals surface area contributed by atoms with E-state index in [0.29, 0.717) is 0 Å². The van der Waals surface area contributed by atoms with Gasteiger partial charge >= 0.3 is 0 Å². The van der Waals surface area contributed by atoms with Crippen LogP contribution in [-0.2, 0) is 0 Å². The Hall–Kier alpha value is -6.90. The summed E-state index contributed by atoms with van der Waals surface area (Å²) < 4.78 is 13.3. The molecule has 2 aromatic heterocycles. The van der Waals surface area contributed by atoms with Crippen molar-refractivity contribution in [3.05, 3.63) is 205 Å². The van der Waals surface area contributed by atoms with Crippen LogP contribution in [0.15, 0.2) is 197 Å². The predicted octanol–water partition coefficient (Wildman–Crippen LogP) is 14.3. The molecule has 0 aliphatic carbocycles. The van der Waals surface area contributed by atoms with Crippen molar-refractivity contribution in [1.29, 1.82) is 0 Å². The summed E-state index contributed by atoms with van der Waals surface area (Å²) in [5.41, 5.74) is 11.8. The maximum atomic E-state index is 6.78. The third kappa shape index (κ3) is 4.80. The second kappa shape index (κ2) is 11.8. The summed E-state index contributed by atoms with van der Waals surface area (Å²) in [4.78, 5) is 0. The molecule has 0 aliphatic heterocycles. The molecule has 0 fully saturated rings. The molecule has 1 unspecified atom stereocenters. The standard InChI is InChI=1S/C51H32O2/c1-3-11-32(12-4-1)36-23-25-41-45-30-38(24-28-47(45)52-48(41)31-36)49(37-22-21-35-20-19-34-15-7-8-16-39(34)44(35)29-37)43-27-26-40(33-13-5-2-6-14-33)51-50(43)42-17-9-10-18-46(42)53-51/h1-31,49H. The molecular weight excluding hydrogens is 645 g/mol. The number of hydrogen-bond acceptors (Lipinski definition) is 2. The molecule has 248 valence electrons. The summed E-state index contributed by atoms with van der Waals surface area (Å²) in [6.07, 6.45) is 0. The molecule has 2 nitrogen and oxygen atoms in total. The van der Waals surface area contributed by atoms with Crippen molar-refractivity contribution in [2.24, 2.45) is 0 Å². The molecule has 53 heavy (non-hydrogen) atoms. The van der Waals surface area contributed by atoms with Gasteiger partial charge in [-0.3, -0.25) is 0 Å². The van der Waals surface area contributed by atoms with E-state index in [4.69, 9.17) is 8.83 Å². The SMILES string of the molecule is c1ccc(-c2ccc3c(c2)oc2ccc(C(c4ccc5ccc6ccccc6c5c4)c4ccc(-c5ccccc5)c5oc6ccccc6c45)cc23)cc1. The fourth-order valence-corrected chi connectivity index (χ4v) is 8.47. The Kier molecular flexibility index (Phi) is 6.65. The highest BCUT2D eigenvalue weighted by atomic mass is 16.3. The van der Waals surface area contributed by atoms with Crippen LogP contribution in [0.5, 0.6) is 0 Å². The third-order valence-electron chi connectivity index (χ3n) is 11.0. The smallest absolute Gasteiger partial charge is 0.143 e. The summed E-state index contributed by atoms with van der Waals surface area (Å²) in [6, 6.07) is 67.5. The van der Waals surface area contributed by atoms with Gasteiger partial charge in [0.25, 0.3) is 0 Å². The zero-order valence-electron chi connectivity index (χ0n) is 28.8. The summed E-state index contributed by atoms with van der Waals surface area (Å²) in [5.74, 6) is -0.0929. The lowest BCUT2D eigenvalue weighted by Gasteiger charge is -2.22. The zero-order valence-corrected chi connectivity index (χ0v) is 28.8. The minimum absolute atomic E-state index is 0.0929. The lowest BCUT2D eigenvalue weighted by Crippen LogP contribution is -2.05. The monoisotopic (exact) mass is 676 g/mol. The Morgan fingerprint density at radius 3 is 1.81 bits per heavy atom. The maximum absolute atomic E-state index is 6.78. The average molecular weight is 677 g/mol. The van der Waals surface area contributed by atoms with Gasteiger partial charge in [-0.2, -0.15) is 0 Å². The first-order chi connectivity index (χ1) is 26.3. The van der Waals surface area contributed by atoms with Crippen molar-refractivity contribution in [1.82, 2.24) is 0 Å². The van der Waals surface area contributed by atoms with Gasteiger partial charge < -0.3 is 8.83 Å². The Bertz CT molecular complexity index is 3170. The molecule has 1 atom stereocenters. The van der Waals surface area contributed by atoms with Gasteiger partial charge in [-0.15, -0.1) is 0 Å². The quantitative estimate of drug-likeness (QED) is 0.134. The van der Waals surface area contributed by atoms with E-state index >= 15 is 0 Å². The highest BCUT2D eigenvalue weighted by molar-refractivity contribution is 6.13. The fraction of sp³-hybridized carbons (Fsp3) is 0.0196. The van der Waals surface area contributed by atoms with Gasteiger partial charge in [0, 0.05) is 33.0 Å². The highest BCUT2D eigenvalue weighted by Crippen LogP contribution is 2.46. The maximum Gasteiger partial charge on any atom is 0.143 e. The number of para-hydroxylation sites is 1. The van der Waals surface area contributed by atoms with E-state index in [0.717, 1.165) is 60.6 Å². The Labute approximate surface area is 306 Å². The van der Waals surface area contributed by atoms with Gasteiger partial charge in [-0.1, -0.05) is 152 Å². The first-order valence-electron chi connectivity index (χ1n) is 18.2.